The lowest BCUT2D eigenvalue weighted by Gasteiger charge is -2.15. The Balaban J connectivity index is 2.17. The summed E-state index contributed by atoms with van der Waals surface area (Å²) in [5, 5.41) is 13.2. The number of carbonyl (C=O) groups excluding carboxylic acids is 3. The highest BCUT2D eigenvalue weighted by atomic mass is 32.1. The molecular formula is C11H11N5O4S. The van der Waals surface area contributed by atoms with Crippen LogP contribution in [-0.4, -0.2) is 40.0 Å². The number of amides is 2. The first-order valence-electron chi connectivity index (χ1n) is 5.67. The zero-order valence-electron chi connectivity index (χ0n) is 10.5. The van der Waals surface area contributed by atoms with E-state index in [1.807, 2.05) is 0 Å². The van der Waals surface area contributed by atoms with Crippen LogP contribution < -0.4 is 16.8 Å². The molecule has 1 aliphatic heterocycles. The molecule has 6 N–H and O–H groups in total. The lowest BCUT2D eigenvalue weighted by Crippen LogP contribution is -2.39. The van der Waals surface area contributed by atoms with Gasteiger partial charge in [0.25, 0.3) is 5.91 Å². The number of ketones is 1. The maximum Gasteiger partial charge on any atom is 0.270 e. The van der Waals surface area contributed by atoms with Crippen LogP contribution in [0.5, 0.6) is 0 Å². The summed E-state index contributed by atoms with van der Waals surface area (Å²) in [6.07, 6.45) is 0.442. The van der Waals surface area contributed by atoms with Crippen LogP contribution in [0.1, 0.15) is 11.7 Å². The van der Waals surface area contributed by atoms with E-state index >= 15 is 0 Å². The minimum absolute atomic E-state index is 0.199. The molecule has 0 radical (unpaired) electrons. The number of carbonyl (C=O) groups is 3. The maximum atomic E-state index is 12.0. The number of nitrogens with two attached hydrogens (primary N) is 2. The van der Waals surface area contributed by atoms with Crippen molar-refractivity contribution in [2.24, 2.45) is 10.7 Å². The fourth-order valence-electron chi connectivity index (χ4n) is 1.54. The number of hydrogen-bond acceptors (Lipinski definition) is 8. The number of aliphatic hydroxyl groups is 1. The fourth-order valence-corrected chi connectivity index (χ4v) is 2.12. The number of aromatic nitrogens is 1. The Morgan fingerprint density at radius 3 is 2.71 bits per heavy atom. The molecule has 0 spiro atoms. The molecule has 0 aromatic carbocycles. The summed E-state index contributed by atoms with van der Waals surface area (Å²) in [7, 11) is 0. The molecule has 2 heterocycles. The van der Waals surface area contributed by atoms with Gasteiger partial charge in [-0.05, 0) is 0 Å². The molecule has 0 saturated heterocycles. The SMILES string of the molecule is NC(=O)C(NC(=O)C1=CC(=O)[C@@H](O)C=N1)c1csc(N)n1. The number of nitrogens with one attached hydrogen (secondary N) is 1. The lowest BCUT2D eigenvalue weighted by atomic mass is 10.1. The van der Waals surface area contributed by atoms with Gasteiger partial charge in [0.15, 0.2) is 23.1 Å². The van der Waals surface area contributed by atoms with Gasteiger partial charge in [-0.25, -0.2) is 4.98 Å². The topological polar surface area (TPSA) is 161 Å². The third kappa shape index (κ3) is 3.30. The summed E-state index contributed by atoms with van der Waals surface area (Å²) < 4.78 is 0. The monoisotopic (exact) mass is 309 g/mol. The van der Waals surface area contributed by atoms with Gasteiger partial charge >= 0.3 is 0 Å². The van der Waals surface area contributed by atoms with Crippen molar-refractivity contribution in [1.82, 2.24) is 10.3 Å². The zero-order valence-corrected chi connectivity index (χ0v) is 11.3. The Labute approximate surface area is 122 Å². The number of nitrogens with zero attached hydrogens (tertiary/aromatic N) is 2. The van der Waals surface area contributed by atoms with Crippen LogP contribution >= 0.6 is 11.3 Å². The molecule has 21 heavy (non-hydrogen) atoms. The van der Waals surface area contributed by atoms with Crippen LogP contribution in [0.25, 0.3) is 0 Å². The molecule has 0 fully saturated rings. The first-order valence-corrected chi connectivity index (χ1v) is 6.55. The van der Waals surface area contributed by atoms with Gasteiger partial charge in [-0.3, -0.25) is 19.4 Å². The fraction of sp³-hybridized carbons (Fsp3) is 0.182. The van der Waals surface area contributed by atoms with Crippen molar-refractivity contribution in [3.8, 4) is 0 Å². The van der Waals surface area contributed by atoms with Crippen molar-refractivity contribution in [3.63, 3.8) is 0 Å². The van der Waals surface area contributed by atoms with Crippen LogP contribution in [0, 0.1) is 0 Å². The summed E-state index contributed by atoms with van der Waals surface area (Å²) in [6.45, 7) is 0. The summed E-state index contributed by atoms with van der Waals surface area (Å²) in [5.41, 5.74) is 10.6. The summed E-state index contributed by atoms with van der Waals surface area (Å²) in [6, 6.07) is -1.19. The Kier molecular flexibility index (Phi) is 4.10. The molecule has 0 bridgehead atoms. The minimum atomic E-state index is -1.37. The van der Waals surface area contributed by atoms with Gasteiger partial charge in [0.1, 0.15) is 5.70 Å². The number of primary amides is 1. The van der Waals surface area contributed by atoms with Crippen molar-refractivity contribution in [1.29, 1.82) is 0 Å². The quantitative estimate of drug-likeness (QED) is 0.516. The van der Waals surface area contributed by atoms with Crippen molar-refractivity contribution in [2.45, 2.75) is 12.1 Å². The predicted octanol–water partition coefficient (Wildman–Crippen LogP) is -1.73. The van der Waals surface area contributed by atoms with Crippen molar-refractivity contribution >= 4 is 40.3 Å². The summed E-state index contributed by atoms with van der Waals surface area (Å²) in [4.78, 5) is 42.2. The minimum Gasteiger partial charge on any atom is -0.379 e. The molecule has 1 aromatic heterocycles. The molecule has 2 rings (SSSR count). The number of hydrogen-bond donors (Lipinski definition) is 4. The van der Waals surface area contributed by atoms with Gasteiger partial charge in [0.05, 0.1) is 5.69 Å². The van der Waals surface area contributed by atoms with Crippen LogP contribution in [0.15, 0.2) is 22.1 Å². The zero-order chi connectivity index (χ0) is 15.6. The van der Waals surface area contributed by atoms with Crippen LogP contribution in [0.3, 0.4) is 0 Å². The molecule has 2 atom stereocenters. The van der Waals surface area contributed by atoms with E-state index in [-0.39, 0.29) is 16.5 Å². The van der Waals surface area contributed by atoms with Gasteiger partial charge in [0.2, 0.25) is 5.91 Å². The maximum absolute atomic E-state index is 12.0. The number of rotatable bonds is 4. The highest BCUT2D eigenvalue weighted by Crippen LogP contribution is 2.19. The van der Waals surface area contributed by atoms with Crippen molar-refractivity contribution in [3.05, 3.63) is 22.8 Å². The van der Waals surface area contributed by atoms with Crippen LogP contribution in [-0.2, 0) is 14.4 Å². The molecule has 1 unspecified atom stereocenters. The second kappa shape index (κ2) is 5.81. The predicted molar refractivity (Wildman–Crippen MR) is 74.2 cm³/mol. The van der Waals surface area contributed by atoms with E-state index in [2.05, 4.69) is 15.3 Å². The van der Waals surface area contributed by atoms with E-state index in [9.17, 15) is 14.4 Å². The second-order valence-corrected chi connectivity index (χ2v) is 4.96. The van der Waals surface area contributed by atoms with Gasteiger partial charge in [-0.2, -0.15) is 0 Å². The molecule has 10 heteroatoms. The second-order valence-electron chi connectivity index (χ2n) is 4.07. The Morgan fingerprint density at radius 2 is 2.19 bits per heavy atom. The average molecular weight is 309 g/mol. The van der Waals surface area contributed by atoms with E-state index in [0.717, 1.165) is 23.6 Å². The summed E-state index contributed by atoms with van der Waals surface area (Å²) in [5.74, 6) is -2.30. The molecule has 9 nitrogen and oxygen atoms in total. The molecule has 110 valence electrons. The molecule has 0 saturated carbocycles. The lowest BCUT2D eigenvalue weighted by molar-refractivity contribution is -0.125. The Hall–Kier alpha value is -2.59. The first-order chi connectivity index (χ1) is 9.88. The van der Waals surface area contributed by atoms with E-state index < -0.39 is 29.7 Å². The Bertz CT molecular complexity index is 665. The van der Waals surface area contributed by atoms with Gasteiger partial charge in [-0.1, -0.05) is 0 Å². The standard InChI is InChI=1S/C11H11N5O4S/c12-9(19)8(5-3-21-11(13)15-5)16-10(20)4-1-6(17)7(18)2-14-4/h1-3,7-8,18H,(H2,12,19)(H2,13,15)(H,16,20)/t7-,8?/m0/s1. The molecule has 0 aliphatic carbocycles. The smallest absolute Gasteiger partial charge is 0.270 e. The highest BCUT2D eigenvalue weighted by molar-refractivity contribution is 7.13. The normalized spacial score (nSPS) is 19.0. The van der Waals surface area contributed by atoms with E-state index in [0.29, 0.717) is 0 Å². The van der Waals surface area contributed by atoms with E-state index in [1.54, 1.807) is 0 Å². The number of anilines is 1. The Morgan fingerprint density at radius 1 is 1.48 bits per heavy atom. The van der Waals surface area contributed by atoms with Gasteiger partial charge < -0.3 is 21.9 Å². The average Bonchev–Trinajstić information content (AvgIpc) is 2.84. The number of thiazole rings is 1. The third-order valence-electron chi connectivity index (χ3n) is 2.55. The van der Waals surface area contributed by atoms with Crippen molar-refractivity contribution < 1.29 is 19.5 Å². The molecule has 2 amide bonds. The van der Waals surface area contributed by atoms with Gasteiger partial charge in [0, 0.05) is 17.7 Å². The van der Waals surface area contributed by atoms with Crippen LogP contribution in [0.4, 0.5) is 5.13 Å². The number of nitrogen functional groups attached to an aromatic ring is 1. The highest BCUT2D eigenvalue weighted by Gasteiger charge is 2.26. The molecule has 1 aromatic rings. The number of aliphatic imine (C=N–C) groups is 1. The van der Waals surface area contributed by atoms with Gasteiger partial charge in [-0.15, -0.1) is 11.3 Å². The third-order valence-corrected chi connectivity index (χ3v) is 3.25. The van der Waals surface area contributed by atoms with E-state index in [1.165, 1.54) is 5.38 Å². The molecule has 1 aliphatic rings. The first kappa shape index (κ1) is 14.8. The summed E-state index contributed by atoms with van der Waals surface area (Å²) >= 11 is 1.09. The van der Waals surface area contributed by atoms with Crippen LogP contribution in [0.2, 0.25) is 0 Å². The number of aliphatic hydroxyl groups excluding tert-OH is 1. The largest absolute Gasteiger partial charge is 0.379 e. The molecular weight excluding hydrogens is 298 g/mol. The van der Waals surface area contributed by atoms with E-state index in [4.69, 9.17) is 16.6 Å². The van der Waals surface area contributed by atoms with Crippen molar-refractivity contribution in [2.75, 3.05) is 5.73 Å².